The summed E-state index contributed by atoms with van der Waals surface area (Å²) in [4.78, 5) is 0. The van der Waals surface area contributed by atoms with Crippen LogP contribution >= 0.6 is 28.1 Å². The summed E-state index contributed by atoms with van der Waals surface area (Å²) in [5.41, 5.74) is 0. The van der Waals surface area contributed by atoms with Crippen LogP contribution in [0.3, 0.4) is 0 Å². The van der Waals surface area contributed by atoms with Crippen LogP contribution in [0.25, 0.3) is 0 Å². The molecule has 0 aliphatic carbocycles. The van der Waals surface area contributed by atoms with E-state index in [9.17, 15) is 4.21 Å². The fourth-order valence-corrected chi connectivity index (χ4v) is 39.1. The molecule has 0 bridgehead atoms. The summed E-state index contributed by atoms with van der Waals surface area (Å²) < 4.78 is 10.0. The van der Waals surface area contributed by atoms with Crippen LogP contribution in [0.2, 0.25) is 0 Å². The maximum atomic E-state index is 10.0. The van der Waals surface area contributed by atoms with Crippen molar-refractivity contribution in [1.29, 1.82) is 0 Å². The summed E-state index contributed by atoms with van der Waals surface area (Å²) in [6.45, 7) is -0.180. The lowest BCUT2D eigenvalue weighted by atomic mass is 16.0. The van der Waals surface area contributed by atoms with Crippen molar-refractivity contribution in [3.63, 3.8) is 0 Å². The Morgan fingerprint density at radius 2 is 1.31 bits per heavy atom. The van der Waals surface area contributed by atoms with E-state index in [4.69, 9.17) is 23.6 Å². The third kappa shape index (κ3) is 14.0. The molecule has 0 spiro atoms. The van der Waals surface area contributed by atoms with Crippen LogP contribution in [-0.4, -0.2) is 4.21 Å². The van der Waals surface area contributed by atoms with Crippen LogP contribution in [0, 0.1) is 0 Å². The lowest BCUT2D eigenvalue weighted by Gasteiger charge is -1.84. The Morgan fingerprint density at radius 3 is 1.81 bits per heavy atom. The molecule has 0 saturated heterocycles. The molecule has 0 aromatic carbocycles. The van der Waals surface area contributed by atoms with Gasteiger partial charge in [-0.15, -0.1) is 0 Å². The Labute approximate surface area is 135 Å². The first-order valence-electron chi connectivity index (χ1n) is 2.65. The highest BCUT2D eigenvalue weighted by Crippen LogP contribution is 2.69. The van der Waals surface area contributed by atoms with Crippen LogP contribution in [0.5, 0.6) is 0 Å². The average molecular weight is 493 g/mol. The number of hydrogen-bond acceptors (Lipinski definition) is 3. The van der Waals surface area contributed by atoms with Crippen LogP contribution in [-0.2, 0) is 106 Å². The summed E-state index contributed by atoms with van der Waals surface area (Å²) in [5, 5.41) is 0. The standard InChI is InChI=1S/OP4S11/c1-8-10-12-14-16-15-13-11-9-4-5(2-6)3-7. The molecule has 0 unspecified atom stereocenters. The molecule has 0 aliphatic rings. The maximum absolute atomic E-state index is 10.0. The molecule has 92 valence electrons. The van der Waals surface area contributed by atoms with Gasteiger partial charge in [0.25, 0.3) is 0 Å². The van der Waals surface area contributed by atoms with Gasteiger partial charge in [-0.2, -0.15) is 4.21 Å². The van der Waals surface area contributed by atoms with Crippen molar-refractivity contribution in [3.8, 4) is 0 Å². The van der Waals surface area contributed by atoms with Gasteiger partial charge in [-0.1, -0.05) is 23.6 Å². The van der Waals surface area contributed by atoms with E-state index in [2.05, 4.69) is 0 Å². The summed E-state index contributed by atoms with van der Waals surface area (Å²) in [7, 11) is 16.9. The van der Waals surface area contributed by atoms with Crippen molar-refractivity contribution >= 4 is 134 Å². The highest BCUT2D eigenvalue weighted by Gasteiger charge is 1.93. The summed E-state index contributed by atoms with van der Waals surface area (Å²) in [5.74, 6) is 0. The van der Waals surface area contributed by atoms with Crippen molar-refractivity contribution in [2.45, 2.75) is 0 Å². The Kier molecular flexibility index (Phi) is 20.3. The van der Waals surface area contributed by atoms with Crippen molar-refractivity contribution < 1.29 is 4.21 Å². The molecule has 0 N–H and O–H groups in total. The molecule has 0 amide bonds. The second kappa shape index (κ2) is 16.6. The molecule has 0 atom stereocenters. The minimum Gasteiger partial charge on any atom is -0.200 e. The highest BCUT2D eigenvalue weighted by atomic mass is 33.4. The number of hydrogen-bond donors (Lipinski definition) is 0. The summed E-state index contributed by atoms with van der Waals surface area (Å²) >= 11 is 9.96. The molecule has 0 fully saturated rings. The zero-order valence-electron chi connectivity index (χ0n) is 6.69. The van der Waals surface area contributed by atoms with E-state index >= 15 is 0 Å². The van der Waals surface area contributed by atoms with Gasteiger partial charge in [-0.05, 0) is 36.1 Å². The Balaban J connectivity index is 5.20. The van der Waals surface area contributed by atoms with Gasteiger partial charge in [-0.3, -0.25) is 0 Å². The lowest BCUT2D eigenvalue weighted by Crippen LogP contribution is -1.37. The fourth-order valence-electron chi connectivity index (χ4n) is 0.169. The molecule has 0 aliphatic heterocycles. The molecule has 0 heterocycles. The third-order valence-electron chi connectivity index (χ3n) is 0.477. The zero-order valence-corrected chi connectivity index (χ0v) is 19.2. The molecule has 0 aromatic rings. The molecular weight excluding hydrogens is 493 g/mol. The minimum atomic E-state index is -0.180. The van der Waals surface area contributed by atoms with E-state index in [0.29, 0.717) is 10.2 Å². The van der Waals surface area contributed by atoms with Crippen molar-refractivity contribution in [1.82, 2.24) is 0 Å². The second-order valence-electron chi connectivity index (χ2n) is 1.13. The lowest BCUT2D eigenvalue weighted by molar-refractivity contribution is 0.702. The van der Waals surface area contributed by atoms with Crippen molar-refractivity contribution in [2.24, 2.45) is 0 Å². The van der Waals surface area contributed by atoms with E-state index in [1.54, 1.807) is 53.9 Å². The average Bonchev–Trinajstić information content (AvgIpc) is 2.32. The van der Waals surface area contributed by atoms with E-state index in [0.717, 1.165) is 14.1 Å². The molecule has 0 aromatic heterocycles. The topological polar surface area (TPSA) is 17.1 Å². The van der Waals surface area contributed by atoms with Gasteiger partial charge >= 0.3 is 0 Å². The Bertz CT molecular complexity index is 597. The Morgan fingerprint density at radius 1 is 0.812 bits per heavy atom. The predicted octanol–water partition coefficient (Wildman–Crippen LogP) is 3.08. The molecular formula is OP4S11. The first-order chi connectivity index (χ1) is 7.85. The Hall–Kier alpha value is 3.55. The van der Waals surface area contributed by atoms with Gasteiger partial charge in [-0.25, -0.2) is 0 Å². The first-order valence-corrected chi connectivity index (χ1v) is 22.8. The molecule has 16 heavy (non-hydrogen) atoms. The number of rotatable bonds is 3. The van der Waals surface area contributed by atoms with Crippen molar-refractivity contribution in [3.05, 3.63) is 0 Å². The van der Waals surface area contributed by atoms with Gasteiger partial charge in [0.15, 0.2) is 10.2 Å². The molecule has 0 saturated carbocycles. The third-order valence-corrected chi connectivity index (χ3v) is 37.2. The van der Waals surface area contributed by atoms with Gasteiger partial charge in [0.05, 0.1) is 6.99 Å². The van der Waals surface area contributed by atoms with Crippen LogP contribution in [0.4, 0.5) is 0 Å². The predicted molar refractivity (Wildman–Crippen MR) is 109 cm³/mol. The van der Waals surface area contributed by atoms with E-state index in [1.807, 2.05) is 0 Å². The molecule has 1 nitrogen and oxygen atoms in total. The van der Waals surface area contributed by atoms with Crippen LogP contribution in [0.1, 0.15) is 0 Å². The van der Waals surface area contributed by atoms with Gasteiger partial charge < -0.3 is 0 Å². The molecule has 0 rings (SSSR count). The molecule has 0 radical (unpaired) electrons. The van der Waals surface area contributed by atoms with Gasteiger partial charge in [0.2, 0.25) is 0 Å². The van der Waals surface area contributed by atoms with Crippen molar-refractivity contribution in [2.75, 3.05) is 0 Å². The molecule has 16 heteroatoms. The summed E-state index contributed by atoms with van der Waals surface area (Å²) in [6.07, 6.45) is 0. The van der Waals surface area contributed by atoms with Crippen LogP contribution in [0.15, 0.2) is 0 Å². The summed E-state index contributed by atoms with van der Waals surface area (Å²) in [6, 6.07) is 0. The van der Waals surface area contributed by atoms with E-state index in [-0.39, 0.29) is 6.99 Å². The highest BCUT2D eigenvalue weighted by molar-refractivity contribution is 8.87. The first kappa shape index (κ1) is 19.6. The quantitative estimate of drug-likeness (QED) is 0.564. The minimum absolute atomic E-state index is 0.180. The monoisotopic (exact) mass is 492 g/mol. The second-order valence-corrected chi connectivity index (χ2v) is 29.3. The van der Waals surface area contributed by atoms with E-state index in [1.165, 1.54) is 24.8 Å². The van der Waals surface area contributed by atoms with Gasteiger partial charge in [0.1, 0.15) is 0 Å². The fraction of sp³-hybridized carbons (Fsp3) is 0. The van der Waals surface area contributed by atoms with E-state index < -0.39 is 0 Å². The SMILES string of the molecule is O=S=S=S=S=S=S=S=S=S=PP(P=S)P=S. The maximum Gasteiger partial charge on any atom is 0.168 e. The smallest absolute Gasteiger partial charge is 0.168 e. The van der Waals surface area contributed by atoms with Crippen LogP contribution < -0.4 is 0 Å². The normalized spacial score (nSPS) is 11.2. The largest absolute Gasteiger partial charge is 0.200 e. The zero-order chi connectivity index (χ0) is 12.1. The van der Waals surface area contributed by atoms with Gasteiger partial charge in [0, 0.05) is 56.7 Å².